The fraction of sp³-hybridized carbons (Fsp3) is 0.125. The van der Waals surface area contributed by atoms with Gasteiger partial charge in [-0.15, -0.1) is 9.90 Å². The summed E-state index contributed by atoms with van der Waals surface area (Å²) in [5, 5.41) is 19.2. The van der Waals surface area contributed by atoms with Crippen molar-refractivity contribution in [2.45, 2.75) is 41.0 Å². The summed E-state index contributed by atoms with van der Waals surface area (Å²) in [7, 11) is 0. The maximum absolute atomic E-state index is 6.76. The van der Waals surface area contributed by atoms with Crippen LogP contribution in [-0.2, 0) is 6.42 Å². The molecule has 9 aromatic carbocycles. The van der Waals surface area contributed by atoms with Crippen LogP contribution in [0.3, 0.4) is 0 Å². The van der Waals surface area contributed by atoms with Crippen molar-refractivity contribution in [2.75, 3.05) is 0 Å². The maximum atomic E-state index is 6.76. The summed E-state index contributed by atoms with van der Waals surface area (Å²) >= 11 is 0. The SMILES string of the molecule is CC(C)(C)C(C)(C)Cc1cccc(-c2cc(-n3ncc(-n4c5ccccc5c5cc(-c6ccc7oc8c(-n9c%10ccccc%10c%10ccccc%109)cccc8c7c6)ccc54)n3)c3oc4ccccc4c3c2)c1. The third-order valence-corrected chi connectivity index (χ3v) is 15.6. The summed E-state index contributed by atoms with van der Waals surface area (Å²) in [5.74, 6) is 0.718. The average molecular weight is 920 g/mol. The van der Waals surface area contributed by atoms with Gasteiger partial charge in [0.15, 0.2) is 17.0 Å². The van der Waals surface area contributed by atoms with Crippen LogP contribution in [-0.4, -0.2) is 24.1 Å². The number of hydrogen-bond donors (Lipinski definition) is 0. The van der Waals surface area contributed by atoms with E-state index < -0.39 is 0 Å². The van der Waals surface area contributed by atoms with E-state index in [2.05, 4.69) is 220 Å². The Bertz CT molecular complexity index is 4420. The summed E-state index contributed by atoms with van der Waals surface area (Å²) in [4.78, 5) is 1.74. The van der Waals surface area contributed by atoms with Gasteiger partial charge < -0.3 is 13.4 Å². The molecule has 7 heteroatoms. The van der Waals surface area contributed by atoms with E-state index in [1.165, 1.54) is 16.3 Å². The van der Waals surface area contributed by atoms with E-state index in [-0.39, 0.29) is 10.8 Å². The van der Waals surface area contributed by atoms with Crippen molar-refractivity contribution in [3.63, 3.8) is 0 Å². The minimum atomic E-state index is 0.108. The van der Waals surface area contributed by atoms with Crippen LogP contribution in [0.5, 0.6) is 0 Å². The molecule has 0 atom stereocenters. The van der Waals surface area contributed by atoms with Crippen molar-refractivity contribution in [3.05, 3.63) is 200 Å². The summed E-state index contributed by atoms with van der Waals surface area (Å²) < 4.78 is 18.0. The lowest BCUT2D eigenvalue weighted by atomic mass is 9.66. The highest BCUT2D eigenvalue weighted by molar-refractivity contribution is 6.14. The Hall–Kier alpha value is -8.68. The number of hydrogen-bond acceptors (Lipinski definition) is 4. The number of furan rings is 2. The first-order valence-electron chi connectivity index (χ1n) is 24.5. The molecule has 5 heterocycles. The van der Waals surface area contributed by atoms with Gasteiger partial charge in [0, 0.05) is 43.1 Å². The fourth-order valence-electron chi connectivity index (χ4n) is 11.0. The van der Waals surface area contributed by atoms with Crippen molar-refractivity contribution in [2.24, 2.45) is 10.8 Å². The molecular formula is C64H49N5O2. The first-order valence-corrected chi connectivity index (χ1v) is 24.5. The van der Waals surface area contributed by atoms with Gasteiger partial charge in [0.1, 0.15) is 16.9 Å². The molecule has 0 aliphatic heterocycles. The minimum absolute atomic E-state index is 0.108. The van der Waals surface area contributed by atoms with Gasteiger partial charge in [-0.1, -0.05) is 156 Å². The fourth-order valence-corrected chi connectivity index (χ4v) is 11.0. The number of para-hydroxylation sites is 5. The molecule has 7 nitrogen and oxygen atoms in total. The summed E-state index contributed by atoms with van der Waals surface area (Å²) in [6, 6.07) is 67.2. The number of rotatable bonds is 7. The van der Waals surface area contributed by atoms with E-state index in [0.717, 1.165) is 123 Å². The van der Waals surface area contributed by atoms with E-state index in [1.54, 1.807) is 4.80 Å². The number of fused-ring (bicyclic) bond motifs is 12. The highest BCUT2D eigenvalue weighted by atomic mass is 16.3. The van der Waals surface area contributed by atoms with Crippen LogP contribution in [0.4, 0.5) is 0 Å². The predicted molar refractivity (Wildman–Crippen MR) is 292 cm³/mol. The standard InChI is InChI=1S/C64H49N5O2/c1-63(2,3)64(4,5)37-39-16-14-17-40(32-39)43-35-51-47-21-9-13-27-58(47)70-62(51)57(36-43)69-65-38-60(66-69)68-54-25-12-8-20-46(54)49-33-41(28-30-55(49)68)42-29-31-59-50(34-42)48-22-15-26-56(61(48)71-59)67-52-23-10-6-18-44(52)45-19-7-11-24-53(45)67/h6-36,38H,37H2,1-5H3. The smallest absolute Gasteiger partial charge is 0.180 e. The Balaban J connectivity index is 0.870. The summed E-state index contributed by atoms with van der Waals surface area (Å²) in [6.07, 6.45) is 2.84. The van der Waals surface area contributed by atoms with Crippen molar-refractivity contribution in [3.8, 4) is 39.4 Å². The second-order valence-corrected chi connectivity index (χ2v) is 20.9. The lowest BCUT2D eigenvalue weighted by Crippen LogP contribution is -2.31. The second kappa shape index (κ2) is 15.2. The predicted octanol–water partition coefficient (Wildman–Crippen LogP) is 17.2. The molecule has 0 saturated heterocycles. The molecule has 0 radical (unpaired) electrons. The van der Waals surface area contributed by atoms with E-state index in [1.807, 2.05) is 18.3 Å². The average Bonchev–Trinajstić information content (AvgIpc) is 4.22. The molecule has 0 saturated carbocycles. The molecule has 5 aromatic heterocycles. The Morgan fingerprint density at radius 2 is 0.958 bits per heavy atom. The second-order valence-electron chi connectivity index (χ2n) is 20.9. The molecular weight excluding hydrogens is 871 g/mol. The largest absolute Gasteiger partial charge is 0.454 e. The summed E-state index contributed by atoms with van der Waals surface area (Å²) in [6.45, 7) is 11.7. The first-order chi connectivity index (χ1) is 34.6. The van der Waals surface area contributed by atoms with E-state index in [9.17, 15) is 0 Å². The van der Waals surface area contributed by atoms with Gasteiger partial charge in [0.2, 0.25) is 0 Å². The number of aromatic nitrogens is 5. The quantitative estimate of drug-likeness (QED) is 0.160. The normalized spacial score (nSPS) is 12.6. The van der Waals surface area contributed by atoms with Gasteiger partial charge in [-0.05, 0) is 112 Å². The molecule has 0 spiro atoms. The van der Waals surface area contributed by atoms with Crippen LogP contribution in [0.1, 0.15) is 40.2 Å². The molecule has 0 bridgehead atoms. The molecule has 14 rings (SSSR count). The van der Waals surface area contributed by atoms with E-state index >= 15 is 0 Å². The van der Waals surface area contributed by atoms with E-state index in [4.69, 9.17) is 19.0 Å². The van der Waals surface area contributed by atoms with Crippen LogP contribution in [0, 0.1) is 10.8 Å². The van der Waals surface area contributed by atoms with Crippen LogP contribution in [0.25, 0.3) is 127 Å². The van der Waals surface area contributed by atoms with Gasteiger partial charge in [-0.2, -0.15) is 5.10 Å². The molecule has 0 fully saturated rings. The lowest BCUT2D eigenvalue weighted by Gasteiger charge is -2.39. The van der Waals surface area contributed by atoms with Crippen molar-refractivity contribution < 1.29 is 8.83 Å². The molecule has 0 aliphatic rings. The van der Waals surface area contributed by atoms with Crippen molar-refractivity contribution in [1.82, 2.24) is 24.1 Å². The van der Waals surface area contributed by atoms with Gasteiger partial charge in [0.25, 0.3) is 0 Å². The minimum Gasteiger partial charge on any atom is -0.454 e. The molecule has 71 heavy (non-hydrogen) atoms. The number of nitrogens with zero attached hydrogens (tertiary/aromatic N) is 5. The van der Waals surface area contributed by atoms with Crippen molar-refractivity contribution in [1.29, 1.82) is 0 Å². The third kappa shape index (κ3) is 6.35. The van der Waals surface area contributed by atoms with Crippen LogP contribution in [0.15, 0.2) is 203 Å². The molecule has 0 aliphatic carbocycles. The highest BCUT2D eigenvalue weighted by Crippen LogP contribution is 2.44. The van der Waals surface area contributed by atoms with Crippen LogP contribution < -0.4 is 0 Å². The zero-order valence-corrected chi connectivity index (χ0v) is 40.2. The van der Waals surface area contributed by atoms with Gasteiger partial charge in [-0.25, -0.2) is 0 Å². The lowest BCUT2D eigenvalue weighted by molar-refractivity contribution is 0.132. The topological polar surface area (TPSA) is 66.8 Å². The zero-order chi connectivity index (χ0) is 47.8. The van der Waals surface area contributed by atoms with Gasteiger partial charge in [-0.3, -0.25) is 4.57 Å². The molecule has 0 unspecified atom stereocenters. The van der Waals surface area contributed by atoms with Crippen LogP contribution >= 0.6 is 0 Å². The summed E-state index contributed by atoms with van der Waals surface area (Å²) in [5.41, 5.74) is 15.6. The Labute approximate surface area is 409 Å². The molecule has 0 N–H and O–H groups in total. The monoisotopic (exact) mass is 919 g/mol. The first kappa shape index (κ1) is 41.3. The molecule has 342 valence electrons. The highest BCUT2D eigenvalue weighted by Gasteiger charge is 2.33. The zero-order valence-electron chi connectivity index (χ0n) is 40.2. The van der Waals surface area contributed by atoms with Gasteiger partial charge in [0.05, 0.1) is 34.0 Å². The van der Waals surface area contributed by atoms with Crippen LogP contribution in [0.2, 0.25) is 0 Å². The molecule has 0 amide bonds. The van der Waals surface area contributed by atoms with Crippen molar-refractivity contribution >= 4 is 87.5 Å². The molecule has 14 aromatic rings. The van der Waals surface area contributed by atoms with E-state index in [0.29, 0.717) is 0 Å². The third-order valence-electron chi connectivity index (χ3n) is 15.6. The Morgan fingerprint density at radius 3 is 1.69 bits per heavy atom. The number of benzene rings is 9. The maximum Gasteiger partial charge on any atom is 0.180 e. The van der Waals surface area contributed by atoms with Gasteiger partial charge >= 0.3 is 0 Å². The Morgan fingerprint density at radius 1 is 0.408 bits per heavy atom. The Kier molecular flexibility index (Phi) is 8.82.